The van der Waals surface area contributed by atoms with Crippen molar-refractivity contribution in [2.24, 2.45) is 5.10 Å². The fourth-order valence-corrected chi connectivity index (χ4v) is 3.57. The molecule has 3 aromatic carbocycles. The maximum Gasteiger partial charge on any atom is 0.249 e. The summed E-state index contributed by atoms with van der Waals surface area (Å²) in [5.74, 6) is 0.143. The minimum atomic E-state index is -0.523. The van der Waals surface area contributed by atoms with Gasteiger partial charge in [0.25, 0.3) is 0 Å². The van der Waals surface area contributed by atoms with E-state index in [0.29, 0.717) is 33.8 Å². The lowest BCUT2D eigenvalue weighted by atomic mass is 10.2. The van der Waals surface area contributed by atoms with Crippen molar-refractivity contribution in [2.45, 2.75) is 26.9 Å². The summed E-state index contributed by atoms with van der Waals surface area (Å²) in [6.07, 6.45) is 1.12. The molecule has 0 bridgehead atoms. The zero-order valence-electron chi connectivity index (χ0n) is 19.2. The summed E-state index contributed by atoms with van der Waals surface area (Å²) >= 11 is 3.51. The number of rotatable bonds is 9. The summed E-state index contributed by atoms with van der Waals surface area (Å²) in [5.41, 5.74) is 6.98. The number of ether oxygens (including phenoxy) is 2. The Morgan fingerprint density at radius 1 is 0.971 bits per heavy atom. The second-order valence-electron chi connectivity index (χ2n) is 7.69. The molecule has 3 aromatic rings. The van der Waals surface area contributed by atoms with E-state index in [-0.39, 0.29) is 6.42 Å². The number of hydrogen-bond donors (Lipinski definition) is 2. The predicted molar refractivity (Wildman–Crippen MR) is 136 cm³/mol. The molecule has 0 unspecified atom stereocenters. The quantitative estimate of drug-likeness (QED) is 0.231. The zero-order chi connectivity index (χ0) is 24.5. The molecule has 0 aliphatic carbocycles. The molecule has 7 nitrogen and oxygen atoms in total. The molecule has 0 aliphatic rings. The van der Waals surface area contributed by atoms with E-state index in [1.807, 2.05) is 50.2 Å². The van der Waals surface area contributed by atoms with Crippen LogP contribution in [-0.2, 0) is 16.2 Å². The van der Waals surface area contributed by atoms with Crippen molar-refractivity contribution in [3.05, 3.63) is 87.4 Å². The van der Waals surface area contributed by atoms with Gasteiger partial charge in [0.2, 0.25) is 11.8 Å². The van der Waals surface area contributed by atoms with Gasteiger partial charge in [0.1, 0.15) is 13.0 Å². The number of methoxy groups -OCH3 is 1. The topological polar surface area (TPSA) is 89.0 Å². The Labute approximate surface area is 207 Å². The highest BCUT2D eigenvalue weighted by molar-refractivity contribution is 9.10. The van der Waals surface area contributed by atoms with Crippen molar-refractivity contribution in [2.75, 3.05) is 12.4 Å². The largest absolute Gasteiger partial charge is 0.493 e. The first-order valence-electron chi connectivity index (χ1n) is 10.6. The van der Waals surface area contributed by atoms with Gasteiger partial charge in [0.15, 0.2) is 11.5 Å². The number of hydrogen-bond acceptors (Lipinski definition) is 5. The Morgan fingerprint density at radius 2 is 1.62 bits per heavy atom. The SMILES string of the molecule is COc1cc(C=NNC(=O)CC(=O)Nc2ccc(C)cc2)cc(Br)c1OCc1ccc(C)cc1. The van der Waals surface area contributed by atoms with Gasteiger partial charge < -0.3 is 14.8 Å². The van der Waals surface area contributed by atoms with Gasteiger partial charge in [-0.1, -0.05) is 47.5 Å². The lowest BCUT2D eigenvalue weighted by Gasteiger charge is -2.13. The van der Waals surface area contributed by atoms with Crippen LogP contribution in [0, 0.1) is 13.8 Å². The van der Waals surface area contributed by atoms with Crippen LogP contribution in [0.3, 0.4) is 0 Å². The molecule has 0 saturated carbocycles. The van der Waals surface area contributed by atoms with Gasteiger partial charge in [-0.15, -0.1) is 0 Å². The van der Waals surface area contributed by atoms with Gasteiger partial charge in [-0.25, -0.2) is 5.43 Å². The number of aryl methyl sites for hydroxylation is 2. The van der Waals surface area contributed by atoms with Gasteiger partial charge in [0.05, 0.1) is 17.8 Å². The van der Waals surface area contributed by atoms with Crippen LogP contribution in [-0.4, -0.2) is 25.1 Å². The number of nitrogens with one attached hydrogen (secondary N) is 2. The van der Waals surface area contributed by atoms with E-state index >= 15 is 0 Å². The zero-order valence-corrected chi connectivity index (χ0v) is 20.8. The average molecular weight is 524 g/mol. The third-order valence-corrected chi connectivity index (χ3v) is 5.40. The van der Waals surface area contributed by atoms with Crippen molar-refractivity contribution < 1.29 is 19.1 Å². The minimum Gasteiger partial charge on any atom is -0.493 e. The van der Waals surface area contributed by atoms with E-state index in [4.69, 9.17) is 9.47 Å². The van der Waals surface area contributed by atoms with Gasteiger partial charge in [-0.05, 0) is 65.2 Å². The van der Waals surface area contributed by atoms with Crippen molar-refractivity contribution in [3.8, 4) is 11.5 Å². The van der Waals surface area contributed by atoms with E-state index < -0.39 is 11.8 Å². The molecule has 0 atom stereocenters. The Bertz CT molecular complexity index is 1180. The Balaban J connectivity index is 1.55. The molecule has 0 aromatic heterocycles. The number of carbonyl (C=O) groups is 2. The number of nitrogens with zero attached hydrogens (tertiary/aromatic N) is 1. The maximum atomic E-state index is 12.0. The number of anilines is 1. The van der Waals surface area contributed by atoms with Gasteiger partial charge >= 0.3 is 0 Å². The second kappa shape index (κ2) is 12.0. The van der Waals surface area contributed by atoms with Gasteiger partial charge in [0, 0.05) is 5.69 Å². The summed E-state index contributed by atoms with van der Waals surface area (Å²) in [7, 11) is 1.55. The normalized spacial score (nSPS) is 10.7. The summed E-state index contributed by atoms with van der Waals surface area (Å²) in [4.78, 5) is 24.1. The van der Waals surface area contributed by atoms with E-state index in [1.165, 1.54) is 11.8 Å². The van der Waals surface area contributed by atoms with Crippen LogP contribution >= 0.6 is 15.9 Å². The number of benzene rings is 3. The highest BCUT2D eigenvalue weighted by Crippen LogP contribution is 2.36. The average Bonchev–Trinajstić information content (AvgIpc) is 2.80. The number of halogens is 1. The van der Waals surface area contributed by atoms with Crippen molar-refractivity contribution in [1.82, 2.24) is 5.43 Å². The van der Waals surface area contributed by atoms with E-state index in [1.54, 1.807) is 31.4 Å². The molecule has 0 radical (unpaired) electrons. The summed E-state index contributed by atoms with van der Waals surface area (Å²) in [5, 5.41) is 6.61. The van der Waals surface area contributed by atoms with Gasteiger partial charge in [-0.3, -0.25) is 9.59 Å². The number of hydrazone groups is 1. The van der Waals surface area contributed by atoms with Crippen LogP contribution in [0.5, 0.6) is 11.5 Å². The fraction of sp³-hybridized carbons (Fsp3) is 0.192. The Morgan fingerprint density at radius 3 is 2.26 bits per heavy atom. The first-order valence-corrected chi connectivity index (χ1v) is 11.4. The lowest BCUT2D eigenvalue weighted by molar-refractivity contribution is -0.126. The van der Waals surface area contributed by atoms with Crippen molar-refractivity contribution in [1.29, 1.82) is 0 Å². The smallest absolute Gasteiger partial charge is 0.249 e. The monoisotopic (exact) mass is 523 g/mol. The highest BCUT2D eigenvalue weighted by Gasteiger charge is 2.12. The third kappa shape index (κ3) is 7.45. The molecule has 0 aliphatic heterocycles. The first-order chi connectivity index (χ1) is 16.3. The van der Waals surface area contributed by atoms with Crippen LogP contribution in [0.4, 0.5) is 5.69 Å². The molecule has 0 fully saturated rings. The molecule has 0 saturated heterocycles. The molecule has 3 rings (SSSR count). The second-order valence-corrected chi connectivity index (χ2v) is 8.55. The third-order valence-electron chi connectivity index (χ3n) is 4.81. The highest BCUT2D eigenvalue weighted by atomic mass is 79.9. The maximum absolute atomic E-state index is 12.0. The molecule has 176 valence electrons. The fourth-order valence-electron chi connectivity index (χ4n) is 3.00. The summed E-state index contributed by atoms with van der Waals surface area (Å²) in [6.45, 7) is 4.38. The van der Waals surface area contributed by atoms with Crippen molar-refractivity contribution >= 4 is 39.6 Å². The van der Waals surface area contributed by atoms with E-state index in [0.717, 1.165) is 11.1 Å². The van der Waals surface area contributed by atoms with E-state index in [2.05, 4.69) is 31.8 Å². The molecule has 0 heterocycles. The number of carbonyl (C=O) groups excluding carboxylic acids is 2. The minimum absolute atomic E-state index is 0.343. The van der Waals surface area contributed by atoms with Crippen LogP contribution in [0.2, 0.25) is 0 Å². The summed E-state index contributed by atoms with van der Waals surface area (Å²) in [6, 6.07) is 19.0. The number of amides is 2. The standard InChI is InChI=1S/C26H26BrN3O4/c1-17-4-8-19(9-5-17)16-34-26-22(27)12-20(13-23(26)33-3)15-28-30-25(32)14-24(31)29-21-10-6-18(2)7-11-21/h4-13,15H,14,16H2,1-3H3,(H,29,31)(H,30,32). The molecule has 8 heteroatoms. The van der Waals surface area contributed by atoms with E-state index in [9.17, 15) is 9.59 Å². The molecular formula is C26H26BrN3O4. The molecular weight excluding hydrogens is 498 g/mol. The molecule has 2 amide bonds. The lowest BCUT2D eigenvalue weighted by Crippen LogP contribution is -2.24. The van der Waals surface area contributed by atoms with Crippen LogP contribution in [0.1, 0.15) is 28.7 Å². The van der Waals surface area contributed by atoms with Crippen LogP contribution in [0.15, 0.2) is 70.2 Å². The Hall–Kier alpha value is -3.65. The summed E-state index contributed by atoms with van der Waals surface area (Å²) < 4.78 is 12.1. The van der Waals surface area contributed by atoms with Crippen LogP contribution in [0.25, 0.3) is 0 Å². The molecule has 2 N–H and O–H groups in total. The predicted octanol–water partition coefficient (Wildman–Crippen LogP) is 5.13. The molecule has 34 heavy (non-hydrogen) atoms. The van der Waals surface area contributed by atoms with Crippen LogP contribution < -0.4 is 20.2 Å². The molecule has 0 spiro atoms. The Kier molecular flexibility index (Phi) is 8.81. The van der Waals surface area contributed by atoms with Gasteiger partial charge in [-0.2, -0.15) is 5.10 Å². The van der Waals surface area contributed by atoms with Crippen molar-refractivity contribution in [3.63, 3.8) is 0 Å². The first kappa shape index (κ1) is 25.0.